The number of carbonyl (C=O) groups excluding carboxylic acids is 3. The second-order valence-electron chi connectivity index (χ2n) is 7.05. The van der Waals surface area contributed by atoms with Crippen LogP contribution in [0.2, 0.25) is 0 Å². The summed E-state index contributed by atoms with van der Waals surface area (Å²) in [5.41, 5.74) is 0. The molecule has 2 aliphatic rings. The van der Waals surface area contributed by atoms with Crippen molar-refractivity contribution in [2.24, 2.45) is 5.92 Å². The van der Waals surface area contributed by atoms with Crippen LogP contribution in [-0.4, -0.2) is 96.7 Å². The lowest BCUT2D eigenvalue weighted by Crippen LogP contribution is -2.56. The van der Waals surface area contributed by atoms with Crippen molar-refractivity contribution in [3.05, 3.63) is 0 Å². The van der Waals surface area contributed by atoms with Gasteiger partial charge in [-0.15, -0.1) is 0 Å². The van der Waals surface area contributed by atoms with Gasteiger partial charge in [0.15, 0.2) is 0 Å². The van der Waals surface area contributed by atoms with Crippen LogP contribution in [0.3, 0.4) is 0 Å². The summed E-state index contributed by atoms with van der Waals surface area (Å²) in [6, 6.07) is -0.163. The Morgan fingerprint density at radius 3 is 1.88 bits per heavy atom. The van der Waals surface area contributed by atoms with Gasteiger partial charge in [-0.3, -0.25) is 19.3 Å². The topological polar surface area (TPSA) is 64.2 Å². The summed E-state index contributed by atoms with van der Waals surface area (Å²) in [6.07, 6.45) is 1.62. The monoisotopic (exact) mass is 338 g/mol. The lowest BCUT2D eigenvalue weighted by Gasteiger charge is -2.40. The highest BCUT2D eigenvalue weighted by atomic mass is 16.2. The summed E-state index contributed by atoms with van der Waals surface area (Å²) < 4.78 is 0. The molecular formula is C17H30N4O3. The van der Waals surface area contributed by atoms with Crippen LogP contribution >= 0.6 is 0 Å². The molecule has 1 unspecified atom stereocenters. The standard InChI is InChI=1S/C17H30N4O3/c1-13(16(23)21-11-9-20(10-12-21)14(2)22)19-7-5-15(6-8-19)17(24)18(3)4/h13,15H,5-12H2,1-4H3. The molecule has 0 saturated carbocycles. The molecule has 0 radical (unpaired) electrons. The maximum absolute atomic E-state index is 12.7. The maximum Gasteiger partial charge on any atom is 0.239 e. The number of carbonyl (C=O) groups is 3. The molecule has 2 fully saturated rings. The van der Waals surface area contributed by atoms with Gasteiger partial charge in [-0.1, -0.05) is 0 Å². The van der Waals surface area contributed by atoms with Crippen molar-refractivity contribution in [1.82, 2.24) is 19.6 Å². The Kier molecular flexibility index (Phi) is 6.21. The van der Waals surface area contributed by atoms with Gasteiger partial charge in [-0.05, 0) is 32.9 Å². The highest BCUT2D eigenvalue weighted by Gasteiger charge is 2.33. The summed E-state index contributed by atoms with van der Waals surface area (Å²) in [7, 11) is 3.59. The number of amides is 3. The third kappa shape index (κ3) is 4.26. The van der Waals surface area contributed by atoms with Crippen LogP contribution in [0.1, 0.15) is 26.7 Å². The van der Waals surface area contributed by atoms with E-state index in [1.807, 2.05) is 11.8 Å². The Balaban J connectivity index is 1.82. The molecule has 136 valence electrons. The van der Waals surface area contributed by atoms with E-state index in [2.05, 4.69) is 4.90 Å². The zero-order valence-electron chi connectivity index (χ0n) is 15.3. The zero-order valence-corrected chi connectivity index (χ0v) is 15.3. The smallest absolute Gasteiger partial charge is 0.239 e. The quantitative estimate of drug-likeness (QED) is 0.719. The Morgan fingerprint density at radius 2 is 1.42 bits per heavy atom. The van der Waals surface area contributed by atoms with Crippen molar-refractivity contribution in [2.45, 2.75) is 32.7 Å². The summed E-state index contributed by atoms with van der Waals surface area (Å²) in [5.74, 6) is 0.477. The van der Waals surface area contributed by atoms with E-state index in [-0.39, 0.29) is 29.7 Å². The number of hydrogen-bond acceptors (Lipinski definition) is 4. The molecule has 3 amide bonds. The predicted molar refractivity (Wildman–Crippen MR) is 91.3 cm³/mol. The lowest BCUT2D eigenvalue weighted by molar-refractivity contribution is -0.143. The van der Waals surface area contributed by atoms with Crippen LogP contribution in [0.5, 0.6) is 0 Å². The fourth-order valence-corrected chi connectivity index (χ4v) is 3.56. The van der Waals surface area contributed by atoms with Crippen molar-refractivity contribution in [3.8, 4) is 0 Å². The minimum absolute atomic E-state index is 0.0720. The van der Waals surface area contributed by atoms with E-state index < -0.39 is 0 Å². The fourth-order valence-electron chi connectivity index (χ4n) is 3.56. The van der Waals surface area contributed by atoms with Gasteiger partial charge in [0.2, 0.25) is 17.7 Å². The second kappa shape index (κ2) is 7.96. The van der Waals surface area contributed by atoms with Gasteiger partial charge in [-0.25, -0.2) is 0 Å². The molecule has 0 bridgehead atoms. The van der Waals surface area contributed by atoms with Gasteiger partial charge in [0.25, 0.3) is 0 Å². The highest BCUT2D eigenvalue weighted by Crippen LogP contribution is 2.21. The molecule has 0 aromatic heterocycles. The summed E-state index contributed by atoms with van der Waals surface area (Å²) >= 11 is 0. The van der Waals surface area contributed by atoms with Crippen LogP contribution in [-0.2, 0) is 14.4 Å². The largest absolute Gasteiger partial charge is 0.349 e. The molecule has 1 atom stereocenters. The van der Waals surface area contributed by atoms with Crippen LogP contribution in [0.25, 0.3) is 0 Å². The lowest BCUT2D eigenvalue weighted by atomic mass is 9.94. The van der Waals surface area contributed by atoms with Crippen molar-refractivity contribution in [3.63, 3.8) is 0 Å². The molecule has 2 rings (SSSR count). The normalized spacial score (nSPS) is 21.5. The number of likely N-dealkylation sites (tertiary alicyclic amines) is 1. The fraction of sp³-hybridized carbons (Fsp3) is 0.824. The minimum atomic E-state index is -0.163. The number of hydrogen-bond donors (Lipinski definition) is 0. The van der Waals surface area contributed by atoms with Crippen molar-refractivity contribution in [2.75, 3.05) is 53.4 Å². The van der Waals surface area contributed by atoms with Gasteiger partial charge < -0.3 is 14.7 Å². The number of nitrogens with zero attached hydrogens (tertiary/aromatic N) is 4. The Hall–Kier alpha value is -1.63. The third-order valence-corrected chi connectivity index (χ3v) is 5.26. The summed E-state index contributed by atoms with van der Waals surface area (Å²) in [4.78, 5) is 43.6. The van der Waals surface area contributed by atoms with Crippen LogP contribution in [0.4, 0.5) is 0 Å². The maximum atomic E-state index is 12.7. The first-order chi connectivity index (χ1) is 11.3. The molecule has 0 N–H and O–H groups in total. The van der Waals surface area contributed by atoms with Gasteiger partial charge in [0.1, 0.15) is 0 Å². The van der Waals surface area contributed by atoms with E-state index in [9.17, 15) is 14.4 Å². The SMILES string of the molecule is CC(=O)N1CCN(C(=O)C(C)N2CCC(C(=O)N(C)C)CC2)CC1. The van der Waals surface area contributed by atoms with Crippen LogP contribution in [0, 0.1) is 5.92 Å². The molecular weight excluding hydrogens is 308 g/mol. The Bertz CT molecular complexity index is 478. The molecule has 0 spiro atoms. The average molecular weight is 338 g/mol. The van der Waals surface area contributed by atoms with E-state index in [1.54, 1.807) is 30.8 Å². The molecule has 0 aromatic rings. The number of piperidine rings is 1. The molecule has 2 heterocycles. The number of piperazine rings is 1. The molecule has 0 aromatic carbocycles. The van der Waals surface area contributed by atoms with E-state index >= 15 is 0 Å². The van der Waals surface area contributed by atoms with E-state index in [0.29, 0.717) is 26.2 Å². The minimum Gasteiger partial charge on any atom is -0.349 e. The van der Waals surface area contributed by atoms with Gasteiger partial charge >= 0.3 is 0 Å². The van der Waals surface area contributed by atoms with Crippen molar-refractivity contribution < 1.29 is 14.4 Å². The highest BCUT2D eigenvalue weighted by molar-refractivity contribution is 5.82. The molecule has 7 heteroatoms. The number of rotatable bonds is 3. The molecule has 24 heavy (non-hydrogen) atoms. The van der Waals surface area contributed by atoms with Crippen LogP contribution in [0.15, 0.2) is 0 Å². The summed E-state index contributed by atoms with van der Waals surface area (Å²) in [5, 5.41) is 0. The van der Waals surface area contributed by atoms with E-state index in [4.69, 9.17) is 0 Å². The van der Waals surface area contributed by atoms with Crippen molar-refractivity contribution >= 4 is 17.7 Å². The Morgan fingerprint density at radius 1 is 0.917 bits per heavy atom. The summed E-state index contributed by atoms with van der Waals surface area (Å²) in [6.45, 7) is 7.54. The van der Waals surface area contributed by atoms with Crippen LogP contribution < -0.4 is 0 Å². The Labute approximate surface area is 144 Å². The van der Waals surface area contributed by atoms with E-state index in [0.717, 1.165) is 25.9 Å². The second-order valence-corrected chi connectivity index (χ2v) is 7.05. The van der Waals surface area contributed by atoms with Gasteiger partial charge in [0, 0.05) is 53.1 Å². The third-order valence-electron chi connectivity index (χ3n) is 5.26. The van der Waals surface area contributed by atoms with Crippen molar-refractivity contribution in [1.29, 1.82) is 0 Å². The van der Waals surface area contributed by atoms with E-state index in [1.165, 1.54) is 0 Å². The molecule has 2 aliphatic heterocycles. The molecule has 2 saturated heterocycles. The van der Waals surface area contributed by atoms with Gasteiger partial charge in [-0.2, -0.15) is 0 Å². The predicted octanol–water partition coefficient (Wildman–Crippen LogP) is -0.134. The van der Waals surface area contributed by atoms with Gasteiger partial charge in [0.05, 0.1) is 6.04 Å². The first-order valence-electron chi connectivity index (χ1n) is 8.80. The zero-order chi connectivity index (χ0) is 17.9. The first-order valence-corrected chi connectivity index (χ1v) is 8.80. The molecule has 7 nitrogen and oxygen atoms in total. The first kappa shape index (κ1) is 18.7. The average Bonchev–Trinajstić information content (AvgIpc) is 2.60. The molecule has 0 aliphatic carbocycles.